The maximum atomic E-state index is 6.09. The van der Waals surface area contributed by atoms with E-state index in [9.17, 15) is 0 Å². The van der Waals surface area contributed by atoms with Crippen molar-refractivity contribution in [3.8, 4) is 5.75 Å². The first-order valence-electron chi connectivity index (χ1n) is 9.60. The topological polar surface area (TPSA) is 75.8 Å². The number of aryl methyl sites for hydroxylation is 1. The first-order valence-corrected chi connectivity index (χ1v) is 9.60. The predicted octanol–water partition coefficient (Wildman–Crippen LogP) is 3.70. The van der Waals surface area contributed by atoms with Crippen LogP contribution in [0, 0.1) is 6.92 Å². The van der Waals surface area contributed by atoms with E-state index < -0.39 is 0 Å². The predicted molar refractivity (Wildman–Crippen MR) is 127 cm³/mol. The van der Waals surface area contributed by atoms with Crippen LogP contribution in [0.25, 0.3) is 5.65 Å². The molecule has 2 N–H and O–H groups in total. The number of aliphatic imine (C=N–C) groups is 1. The summed E-state index contributed by atoms with van der Waals surface area (Å²) in [4.78, 5) is 4.30. The van der Waals surface area contributed by atoms with Crippen LogP contribution in [0.15, 0.2) is 47.6 Å². The maximum Gasteiger partial charge on any atom is 0.191 e. The highest BCUT2D eigenvalue weighted by Gasteiger charge is 2.10. The fourth-order valence-corrected chi connectivity index (χ4v) is 2.79. The Morgan fingerprint density at radius 3 is 2.72 bits per heavy atom. The van der Waals surface area contributed by atoms with Crippen molar-refractivity contribution in [2.75, 3.05) is 7.05 Å². The molecule has 3 aromatic rings. The average molecular weight is 508 g/mol. The lowest BCUT2D eigenvalue weighted by Crippen LogP contribution is -2.36. The fourth-order valence-electron chi connectivity index (χ4n) is 2.79. The van der Waals surface area contributed by atoms with Gasteiger partial charge in [-0.3, -0.25) is 9.39 Å². The Hall–Kier alpha value is -2.36. The SMILES string of the molecule is CCC(C)Oc1cc(C)ccc1CNC(=NC)NCc1nnc2ccccn12.I. The first-order chi connectivity index (χ1) is 13.6. The second-order valence-electron chi connectivity index (χ2n) is 6.77. The van der Waals surface area contributed by atoms with Gasteiger partial charge in [0.2, 0.25) is 0 Å². The molecule has 2 heterocycles. The summed E-state index contributed by atoms with van der Waals surface area (Å²) >= 11 is 0. The summed E-state index contributed by atoms with van der Waals surface area (Å²) in [7, 11) is 1.75. The second-order valence-corrected chi connectivity index (χ2v) is 6.77. The lowest BCUT2D eigenvalue weighted by molar-refractivity contribution is 0.215. The third-order valence-electron chi connectivity index (χ3n) is 4.59. The molecule has 0 fully saturated rings. The Morgan fingerprint density at radius 2 is 1.97 bits per heavy atom. The molecule has 0 aliphatic carbocycles. The molecule has 1 aromatic carbocycles. The quantitative estimate of drug-likeness (QED) is 0.289. The monoisotopic (exact) mass is 508 g/mol. The minimum atomic E-state index is 0. The number of hydrogen-bond donors (Lipinski definition) is 2. The van der Waals surface area contributed by atoms with Crippen molar-refractivity contribution in [1.29, 1.82) is 0 Å². The van der Waals surface area contributed by atoms with Crippen LogP contribution in [0.2, 0.25) is 0 Å². The van der Waals surface area contributed by atoms with Crippen LogP contribution in [-0.4, -0.2) is 33.7 Å². The van der Waals surface area contributed by atoms with Gasteiger partial charge in [0.15, 0.2) is 17.4 Å². The van der Waals surface area contributed by atoms with Crippen LogP contribution in [0.4, 0.5) is 0 Å². The number of halogens is 1. The number of rotatable bonds is 7. The van der Waals surface area contributed by atoms with Crippen LogP contribution >= 0.6 is 24.0 Å². The molecule has 0 aliphatic rings. The van der Waals surface area contributed by atoms with E-state index in [2.05, 4.69) is 64.8 Å². The number of pyridine rings is 1. The van der Waals surface area contributed by atoms with E-state index in [1.165, 1.54) is 5.56 Å². The smallest absolute Gasteiger partial charge is 0.191 e. The summed E-state index contributed by atoms with van der Waals surface area (Å²) < 4.78 is 8.04. The molecule has 0 radical (unpaired) electrons. The van der Waals surface area contributed by atoms with Gasteiger partial charge in [-0.05, 0) is 44.0 Å². The van der Waals surface area contributed by atoms with E-state index in [-0.39, 0.29) is 30.1 Å². The van der Waals surface area contributed by atoms with Crippen LogP contribution < -0.4 is 15.4 Å². The molecular formula is C21H29IN6O. The summed E-state index contributed by atoms with van der Waals surface area (Å²) in [5, 5.41) is 15.0. The van der Waals surface area contributed by atoms with Gasteiger partial charge in [-0.25, -0.2) is 0 Å². The molecule has 29 heavy (non-hydrogen) atoms. The van der Waals surface area contributed by atoms with E-state index in [0.29, 0.717) is 19.0 Å². The maximum absolute atomic E-state index is 6.09. The van der Waals surface area contributed by atoms with Crippen LogP contribution in [-0.2, 0) is 13.1 Å². The van der Waals surface area contributed by atoms with Crippen molar-refractivity contribution in [3.63, 3.8) is 0 Å². The van der Waals surface area contributed by atoms with Crippen LogP contribution in [0.1, 0.15) is 37.2 Å². The summed E-state index contributed by atoms with van der Waals surface area (Å²) in [5.74, 6) is 2.44. The Bertz CT molecular complexity index is 955. The largest absolute Gasteiger partial charge is 0.490 e. The minimum Gasteiger partial charge on any atom is -0.490 e. The number of nitrogens with one attached hydrogen (secondary N) is 2. The third kappa shape index (κ3) is 6.06. The second kappa shape index (κ2) is 11.0. The summed E-state index contributed by atoms with van der Waals surface area (Å²) in [6, 6.07) is 12.1. The Kier molecular flexibility index (Phi) is 8.69. The molecule has 0 bridgehead atoms. The number of guanidine groups is 1. The zero-order valence-corrected chi connectivity index (χ0v) is 19.7. The Morgan fingerprint density at radius 1 is 1.17 bits per heavy atom. The molecule has 0 saturated heterocycles. The molecule has 2 aromatic heterocycles. The molecule has 3 rings (SSSR count). The van der Waals surface area contributed by atoms with Gasteiger partial charge < -0.3 is 15.4 Å². The van der Waals surface area contributed by atoms with E-state index >= 15 is 0 Å². The number of benzene rings is 1. The van der Waals surface area contributed by atoms with Crippen molar-refractivity contribution in [1.82, 2.24) is 25.2 Å². The van der Waals surface area contributed by atoms with Gasteiger partial charge in [-0.15, -0.1) is 34.2 Å². The summed E-state index contributed by atoms with van der Waals surface area (Å²) in [5.41, 5.74) is 3.11. The molecule has 156 valence electrons. The zero-order valence-electron chi connectivity index (χ0n) is 17.3. The first kappa shape index (κ1) is 22.9. The summed E-state index contributed by atoms with van der Waals surface area (Å²) in [6.45, 7) is 7.42. The number of hydrogen-bond acceptors (Lipinski definition) is 4. The van der Waals surface area contributed by atoms with Crippen LogP contribution in [0.3, 0.4) is 0 Å². The molecule has 0 amide bonds. The summed E-state index contributed by atoms with van der Waals surface area (Å²) in [6.07, 6.45) is 3.10. The van der Waals surface area contributed by atoms with E-state index in [4.69, 9.17) is 4.74 Å². The number of fused-ring (bicyclic) bond motifs is 1. The van der Waals surface area contributed by atoms with E-state index in [1.807, 2.05) is 28.8 Å². The van der Waals surface area contributed by atoms with Gasteiger partial charge in [-0.2, -0.15) is 0 Å². The highest BCUT2D eigenvalue weighted by molar-refractivity contribution is 14.0. The van der Waals surface area contributed by atoms with Crippen molar-refractivity contribution in [2.45, 2.75) is 46.4 Å². The Balaban J connectivity index is 0.00000300. The lowest BCUT2D eigenvalue weighted by atomic mass is 10.1. The van der Waals surface area contributed by atoms with E-state index in [1.54, 1.807) is 7.05 Å². The molecule has 1 atom stereocenters. The van der Waals surface area contributed by atoms with Gasteiger partial charge in [0.05, 0.1) is 12.6 Å². The normalized spacial score (nSPS) is 12.3. The zero-order chi connectivity index (χ0) is 19.9. The lowest BCUT2D eigenvalue weighted by Gasteiger charge is -2.18. The van der Waals surface area contributed by atoms with Gasteiger partial charge in [0, 0.05) is 25.4 Å². The highest BCUT2D eigenvalue weighted by atomic mass is 127. The average Bonchev–Trinajstić information content (AvgIpc) is 3.12. The van der Waals surface area contributed by atoms with Gasteiger partial charge in [0.25, 0.3) is 0 Å². The van der Waals surface area contributed by atoms with Crippen molar-refractivity contribution in [2.24, 2.45) is 4.99 Å². The van der Waals surface area contributed by atoms with Gasteiger partial charge in [-0.1, -0.05) is 25.1 Å². The molecule has 0 saturated carbocycles. The number of aromatic nitrogens is 3. The third-order valence-corrected chi connectivity index (χ3v) is 4.59. The number of ether oxygens (including phenoxy) is 1. The van der Waals surface area contributed by atoms with Crippen molar-refractivity contribution in [3.05, 3.63) is 59.5 Å². The van der Waals surface area contributed by atoms with Crippen LogP contribution in [0.5, 0.6) is 5.75 Å². The molecule has 0 spiro atoms. The minimum absolute atomic E-state index is 0. The fraction of sp³-hybridized carbons (Fsp3) is 0.381. The highest BCUT2D eigenvalue weighted by Crippen LogP contribution is 2.22. The molecule has 0 aliphatic heterocycles. The molecule has 1 unspecified atom stereocenters. The van der Waals surface area contributed by atoms with Gasteiger partial charge >= 0.3 is 0 Å². The molecule has 8 heteroatoms. The standard InChI is InChI=1S/C21H28N6O.HI/c1-5-16(3)28-18-12-15(2)9-10-17(18)13-23-21(22-4)24-14-20-26-25-19-8-6-7-11-27(19)20;/h6-12,16H,5,13-14H2,1-4H3,(H2,22,23,24);1H. The number of nitrogens with zero attached hydrogens (tertiary/aromatic N) is 4. The van der Waals surface area contributed by atoms with Gasteiger partial charge in [0.1, 0.15) is 5.75 Å². The van der Waals surface area contributed by atoms with Crippen molar-refractivity contribution < 1.29 is 4.74 Å². The van der Waals surface area contributed by atoms with Crippen molar-refractivity contribution >= 4 is 35.6 Å². The Labute approximate surface area is 189 Å². The molecule has 7 nitrogen and oxygen atoms in total. The van der Waals surface area contributed by atoms with E-state index in [0.717, 1.165) is 29.2 Å². The molecular weight excluding hydrogens is 479 g/mol.